The Hall–Kier alpha value is -1.97. The lowest BCUT2D eigenvalue weighted by Gasteiger charge is -2.12. The maximum absolute atomic E-state index is 12.0. The van der Waals surface area contributed by atoms with Crippen LogP contribution in [0.2, 0.25) is 0 Å². The van der Waals surface area contributed by atoms with Crippen LogP contribution in [0, 0.1) is 0 Å². The molecule has 0 aliphatic carbocycles. The fourth-order valence-electron chi connectivity index (χ4n) is 1.39. The predicted octanol–water partition coefficient (Wildman–Crippen LogP) is 1.97. The highest BCUT2D eigenvalue weighted by Gasteiger charge is 2.15. The molecule has 4 heteroatoms. The van der Waals surface area contributed by atoms with Crippen molar-refractivity contribution in [3.05, 3.63) is 35.9 Å². The summed E-state index contributed by atoms with van der Waals surface area (Å²) < 4.78 is 5.38. The van der Waals surface area contributed by atoms with Crippen LogP contribution in [0.25, 0.3) is 0 Å². The average molecular weight is 234 g/mol. The van der Waals surface area contributed by atoms with E-state index in [9.17, 15) is 4.79 Å². The van der Waals surface area contributed by atoms with Gasteiger partial charge in [0.05, 0.1) is 6.61 Å². The van der Waals surface area contributed by atoms with Gasteiger partial charge in [-0.3, -0.25) is 4.79 Å². The molecule has 4 nitrogen and oxygen atoms in total. The van der Waals surface area contributed by atoms with Crippen LogP contribution in [0.1, 0.15) is 24.2 Å². The number of rotatable bonds is 5. The summed E-state index contributed by atoms with van der Waals surface area (Å²) in [4.78, 5) is 12.0. The van der Waals surface area contributed by atoms with Gasteiger partial charge in [0.2, 0.25) is 0 Å². The summed E-state index contributed by atoms with van der Waals surface area (Å²) in [6.45, 7) is 8.35. The zero-order valence-corrected chi connectivity index (χ0v) is 10.2. The van der Waals surface area contributed by atoms with Gasteiger partial charge in [-0.15, -0.1) is 0 Å². The molecule has 0 fully saturated rings. The van der Waals surface area contributed by atoms with Gasteiger partial charge < -0.3 is 15.8 Å². The topological polar surface area (TPSA) is 64.4 Å². The van der Waals surface area contributed by atoms with Crippen molar-refractivity contribution in [1.82, 2.24) is 5.32 Å². The van der Waals surface area contributed by atoms with Crippen molar-refractivity contribution in [1.29, 1.82) is 0 Å². The molecule has 0 spiro atoms. The minimum absolute atomic E-state index is 0.241. The molecule has 0 aromatic heterocycles. The van der Waals surface area contributed by atoms with Crippen LogP contribution in [0.15, 0.2) is 30.4 Å². The Morgan fingerprint density at radius 1 is 1.53 bits per heavy atom. The molecule has 3 N–H and O–H groups in total. The van der Waals surface area contributed by atoms with Gasteiger partial charge in [-0.25, -0.2) is 0 Å². The number of benzene rings is 1. The lowest BCUT2D eigenvalue weighted by Crippen LogP contribution is -2.26. The van der Waals surface area contributed by atoms with Crippen molar-refractivity contribution in [2.75, 3.05) is 18.9 Å². The van der Waals surface area contributed by atoms with Crippen LogP contribution in [-0.4, -0.2) is 19.1 Å². The Morgan fingerprint density at radius 3 is 2.82 bits per heavy atom. The number of amides is 1. The van der Waals surface area contributed by atoms with E-state index in [2.05, 4.69) is 11.9 Å². The summed E-state index contributed by atoms with van der Waals surface area (Å²) in [5.41, 5.74) is 7.47. The van der Waals surface area contributed by atoms with Gasteiger partial charge in [0.1, 0.15) is 11.3 Å². The smallest absolute Gasteiger partial charge is 0.257 e. The SMILES string of the molecule is C=C(C)CNC(=O)c1c(N)cccc1OCC. The molecule has 0 aliphatic heterocycles. The molecule has 0 saturated heterocycles. The summed E-state index contributed by atoms with van der Waals surface area (Å²) in [6, 6.07) is 5.17. The van der Waals surface area contributed by atoms with Crippen LogP contribution in [0.5, 0.6) is 5.75 Å². The molecule has 1 aromatic carbocycles. The van der Waals surface area contributed by atoms with Crippen LogP contribution in [0.4, 0.5) is 5.69 Å². The fourth-order valence-corrected chi connectivity index (χ4v) is 1.39. The molecule has 0 atom stereocenters. The van der Waals surface area contributed by atoms with Gasteiger partial charge >= 0.3 is 0 Å². The number of nitrogens with two attached hydrogens (primary N) is 1. The molecular weight excluding hydrogens is 216 g/mol. The maximum atomic E-state index is 12.0. The molecule has 1 rings (SSSR count). The number of hydrogen-bond acceptors (Lipinski definition) is 3. The van der Waals surface area contributed by atoms with E-state index in [1.165, 1.54) is 0 Å². The Bertz CT molecular complexity index is 427. The highest BCUT2D eigenvalue weighted by Crippen LogP contribution is 2.24. The van der Waals surface area contributed by atoms with Gasteiger partial charge in [0.25, 0.3) is 5.91 Å². The van der Waals surface area contributed by atoms with E-state index in [-0.39, 0.29) is 5.91 Å². The minimum atomic E-state index is -0.241. The minimum Gasteiger partial charge on any atom is -0.493 e. The molecule has 17 heavy (non-hydrogen) atoms. The highest BCUT2D eigenvalue weighted by atomic mass is 16.5. The van der Waals surface area contributed by atoms with Crippen LogP contribution >= 0.6 is 0 Å². The fraction of sp³-hybridized carbons (Fsp3) is 0.308. The standard InChI is InChI=1S/C13H18N2O2/c1-4-17-11-7-5-6-10(14)12(11)13(16)15-8-9(2)3/h5-7H,2,4,8,14H2,1,3H3,(H,15,16). The second kappa shape index (κ2) is 5.94. The molecule has 0 radical (unpaired) electrons. The first-order chi connectivity index (χ1) is 8.06. The zero-order valence-electron chi connectivity index (χ0n) is 10.2. The van der Waals surface area contributed by atoms with E-state index in [0.29, 0.717) is 30.2 Å². The zero-order chi connectivity index (χ0) is 12.8. The lowest BCUT2D eigenvalue weighted by atomic mass is 10.1. The number of anilines is 1. The Balaban J connectivity index is 2.94. The number of carbonyl (C=O) groups excluding carboxylic acids is 1. The Morgan fingerprint density at radius 2 is 2.24 bits per heavy atom. The van der Waals surface area contributed by atoms with Crippen molar-refractivity contribution in [2.24, 2.45) is 0 Å². The Kier molecular flexibility index (Phi) is 4.57. The third-order valence-corrected chi connectivity index (χ3v) is 2.14. The molecule has 0 aliphatic rings. The molecular formula is C13H18N2O2. The van der Waals surface area contributed by atoms with E-state index in [0.717, 1.165) is 5.57 Å². The van der Waals surface area contributed by atoms with Gasteiger partial charge in [-0.1, -0.05) is 18.2 Å². The molecule has 92 valence electrons. The predicted molar refractivity (Wildman–Crippen MR) is 69.2 cm³/mol. The molecule has 1 amide bonds. The molecule has 0 heterocycles. The van der Waals surface area contributed by atoms with Gasteiger partial charge in [-0.2, -0.15) is 0 Å². The lowest BCUT2D eigenvalue weighted by molar-refractivity contribution is 0.0954. The normalized spacial score (nSPS) is 9.76. The van der Waals surface area contributed by atoms with Gasteiger partial charge in [-0.05, 0) is 26.0 Å². The number of nitrogens with one attached hydrogen (secondary N) is 1. The number of hydrogen-bond donors (Lipinski definition) is 2. The molecule has 0 bridgehead atoms. The summed E-state index contributed by atoms with van der Waals surface area (Å²) in [7, 11) is 0. The van der Waals surface area contributed by atoms with E-state index in [1.807, 2.05) is 13.8 Å². The third kappa shape index (κ3) is 3.52. The second-order valence-corrected chi connectivity index (χ2v) is 3.79. The number of ether oxygens (including phenoxy) is 1. The first-order valence-electron chi connectivity index (χ1n) is 5.50. The first kappa shape index (κ1) is 13.1. The van der Waals surface area contributed by atoms with Gasteiger partial charge in [0.15, 0.2) is 0 Å². The monoisotopic (exact) mass is 234 g/mol. The number of carbonyl (C=O) groups is 1. The quantitative estimate of drug-likeness (QED) is 0.604. The van der Waals surface area contributed by atoms with Crippen molar-refractivity contribution in [2.45, 2.75) is 13.8 Å². The summed E-state index contributed by atoms with van der Waals surface area (Å²) in [5.74, 6) is 0.265. The third-order valence-electron chi connectivity index (χ3n) is 2.14. The van der Waals surface area contributed by atoms with Crippen LogP contribution in [-0.2, 0) is 0 Å². The van der Waals surface area contributed by atoms with Crippen molar-refractivity contribution in [3.8, 4) is 5.75 Å². The van der Waals surface area contributed by atoms with Gasteiger partial charge in [0, 0.05) is 12.2 Å². The highest BCUT2D eigenvalue weighted by molar-refractivity contribution is 6.01. The number of nitrogen functional groups attached to an aromatic ring is 1. The summed E-state index contributed by atoms with van der Waals surface area (Å²) >= 11 is 0. The Labute approximate surface area is 101 Å². The van der Waals surface area contributed by atoms with E-state index >= 15 is 0 Å². The molecule has 0 unspecified atom stereocenters. The van der Waals surface area contributed by atoms with Crippen LogP contribution in [0.3, 0.4) is 0 Å². The largest absolute Gasteiger partial charge is 0.493 e. The van der Waals surface area contributed by atoms with E-state index < -0.39 is 0 Å². The summed E-state index contributed by atoms with van der Waals surface area (Å²) in [6.07, 6.45) is 0. The first-order valence-corrected chi connectivity index (χ1v) is 5.50. The molecule has 1 aromatic rings. The second-order valence-electron chi connectivity index (χ2n) is 3.79. The average Bonchev–Trinajstić information content (AvgIpc) is 2.26. The maximum Gasteiger partial charge on any atom is 0.257 e. The van der Waals surface area contributed by atoms with Crippen molar-refractivity contribution < 1.29 is 9.53 Å². The van der Waals surface area contributed by atoms with E-state index in [4.69, 9.17) is 10.5 Å². The van der Waals surface area contributed by atoms with Crippen molar-refractivity contribution in [3.63, 3.8) is 0 Å². The van der Waals surface area contributed by atoms with Crippen LogP contribution < -0.4 is 15.8 Å². The summed E-state index contributed by atoms with van der Waals surface area (Å²) in [5, 5.41) is 2.74. The van der Waals surface area contributed by atoms with Crippen molar-refractivity contribution >= 4 is 11.6 Å². The molecule has 0 saturated carbocycles. The van der Waals surface area contributed by atoms with E-state index in [1.54, 1.807) is 18.2 Å².